The van der Waals surface area contributed by atoms with Crippen LogP contribution in [0, 0.1) is 13.8 Å². The van der Waals surface area contributed by atoms with Crippen LogP contribution in [0.1, 0.15) is 43.5 Å². The zero-order valence-electron chi connectivity index (χ0n) is 17.8. The summed E-state index contributed by atoms with van der Waals surface area (Å²) in [4.78, 5) is 34.1. The Bertz CT molecular complexity index is 935. The van der Waals surface area contributed by atoms with Crippen LogP contribution >= 0.6 is 0 Å². The Hall–Kier alpha value is -2.74. The van der Waals surface area contributed by atoms with E-state index in [1.54, 1.807) is 14.0 Å². The van der Waals surface area contributed by atoms with Crippen molar-refractivity contribution >= 4 is 11.7 Å². The number of hydrogen-bond donors (Lipinski definition) is 1. The second kappa shape index (κ2) is 10.2. The van der Waals surface area contributed by atoms with E-state index in [-0.39, 0.29) is 25.1 Å². The van der Waals surface area contributed by atoms with Gasteiger partial charge in [-0.25, -0.2) is 4.79 Å². The number of ether oxygens (including phenoxy) is 1. The third-order valence-corrected chi connectivity index (χ3v) is 4.48. The summed E-state index contributed by atoms with van der Waals surface area (Å²) in [5.41, 5.74) is 1.52. The van der Waals surface area contributed by atoms with Gasteiger partial charge >= 0.3 is 5.69 Å². The highest BCUT2D eigenvalue weighted by molar-refractivity contribution is 5.79. The summed E-state index contributed by atoms with van der Waals surface area (Å²) in [5, 5.41) is 9.01. The van der Waals surface area contributed by atoms with Crippen LogP contribution in [-0.2, 0) is 24.8 Å². The van der Waals surface area contributed by atoms with Crippen molar-refractivity contribution in [3.63, 3.8) is 0 Å². The van der Waals surface area contributed by atoms with E-state index < -0.39 is 11.2 Å². The molecule has 0 unspecified atom stereocenters. The van der Waals surface area contributed by atoms with Gasteiger partial charge in [-0.2, -0.15) is 4.99 Å². The van der Waals surface area contributed by atoms with Gasteiger partial charge < -0.3 is 9.84 Å². The van der Waals surface area contributed by atoms with E-state index in [4.69, 9.17) is 9.84 Å². The molecule has 0 amide bonds. The minimum Gasteiger partial charge on any atom is -0.478 e. The molecule has 0 bridgehead atoms. The number of aliphatic hydroxyl groups excluding tert-OH is 1. The molecular weight excluding hydrogens is 372 g/mol. The molecule has 0 spiro atoms. The summed E-state index contributed by atoms with van der Waals surface area (Å²) >= 11 is 0. The lowest BCUT2D eigenvalue weighted by Gasteiger charge is -2.16. The van der Waals surface area contributed by atoms with Crippen LogP contribution < -0.4 is 11.2 Å². The van der Waals surface area contributed by atoms with Gasteiger partial charge in [-0.1, -0.05) is 6.07 Å². The highest BCUT2D eigenvalue weighted by Crippen LogP contribution is 2.15. The Morgan fingerprint density at radius 3 is 2.59 bits per heavy atom. The molecule has 29 heavy (non-hydrogen) atoms. The molecule has 0 fully saturated rings. The first-order valence-corrected chi connectivity index (χ1v) is 9.81. The molecule has 158 valence electrons. The van der Waals surface area contributed by atoms with Crippen molar-refractivity contribution in [1.82, 2.24) is 14.1 Å². The third kappa shape index (κ3) is 5.87. The number of hydrogen-bond acceptors (Lipinski definition) is 6. The molecule has 0 aromatic carbocycles. The first kappa shape index (κ1) is 22.5. The summed E-state index contributed by atoms with van der Waals surface area (Å²) in [6, 6.07) is 3.97. The van der Waals surface area contributed by atoms with E-state index in [2.05, 4.69) is 9.98 Å². The fraction of sp³-hybridized carbons (Fsp3) is 0.524. The Morgan fingerprint density at radius 1 is 1.28 bits per heavy atom. The van der Waals surface area contributed by atoms with Crippen LogP contribution in [0.3, 0.4) is 0 Å². The van der Waals surface area contributed by atoms with Crippen LogP contribution in [0.15, 0.2) is 32.9 Å². The molecular formula is C21H30N4O4. The zero-order valence-corrected chi connectivity index (χ0v) is 17.8. The molecule has 2 aromatic rings. The van der Waals surface area contributed by atoms with Crippen molar-refractivity contribution in [3.05, 3.63) is 56.0 Å². The largest absolute Gasteiger partial charge is 0.478 e. The highest BCUT2D eigenvalue weighted by atomic mass is 16.5. The maximum atomic E-state index is 12.6. The Kier molecular flexibility index (Phi) is 7.90. The van der Waals surface area contributed by atoms with E-state index in [1.165, 1.54) is 4.57 Å². The normalized spacial score (nSPS) is 11.9. The molecule has 2 aromatic heterocycles. The fourth-order valence-electron chi connectivity index (χ4n) is 2.92. The number of rotatable bonds is 8. The third-order valence-electron chi connectivity index (χ3n) is 4.48. The number of aromatic nitrogens is 3. The van der Waals surface area contributed by atoms with E-state index in [0.29, 0.717) is 30.7 Å². The van der Waals surface area contributed by atoms with Gasteiger partial charge in [0.15, 0.2) is 5.90 Å². The van der Waals surface area contributed by atoms with Gasteiger partial charge in [0.25, 0.3) is 5.56 Å². The van der Waals surface area contributed by atoms with Gasteiger partial charge in [0, 0.05) is 38.5 Å². The molecule has 0 atom stereocenters. The zero-order chi connectivity index (χ0) is 21.6. The monoisotopic (exact) mass is 402 g/mol. The minimum atomic E-state index is -0.459. The van der Waals surface area contributed by atoms with Crippen LogP contribution in [0.5, 0.6) is 0 Å². The van der Waals surface area contributed by atoms with Crippen molar-refractivity contribution in [2.45, 2.75) is 59.6 Å². The second-order valence-corrected chi connectivity index (χ2v) is 7.30. The van der Waals surface area contributed by atoms with E-state index >= 15 is 0 Å². The van der Waals surface area contributed by atoms with E-state index in [0.717, 1.165) is 15.8 Å². The van der Waals surface area contributed by atoms with Crippen LogP contribution in [0.25, 0.3) is 0 Å². The predicted octanol–water partition coefficient (Wildman–Crippen LogP) is 2.03. The Morgan fingerprint density at radius 2 is 2.00 bits per heavy atom. The van der Waals surface area contributed by atoms with Gasteiger partial charge in [-0.3, -0.25) is 18.9 Å². The van der Waals surface area contributed by atoms with E-state index in [9.17, 15) is 9.59 Å². The molecule has 0 aliphatic carbocycles. The average molecular weight is 402 g/mol. The number of aryl methyl sites for hydroxylation is 2. The summed E-state index contributed by atoms with van der Waals surface area (Å²) in [7, 11) is 1.58. The number of nitrogens with zero attached hydrogens (tertiary/aromatic N) is 4. The highest BCUT2D eigenvalue weighted by Gasteiger charge is 2.15. The van der Waals surface area contributed by atoms with Gasteiger partial charge in [-0.15, -0.1) is 0 Å². The number of aliphatic imine (C=N–C) groups is 1. The molecule has 0 radical (unpaired) electrons. The lowest BCUT2D eigenvalue weighted by atomic mass is 10.1. The topological polar surface area (TPSA) is 98.7 Å². The molecule has 8 nitrogen and oxygen atoms in total. The molecule has 0 saturated heterocycles. The van der Waals surface area contributed by atoms with Gasteiger partial charge in [0.1, 0.15) is 5.82 Å². The summed E-state index contributed by atoms with van der Waals surface area (Å²) in [6.07, 6.45) is 3.27. The number of aliphatic hydroxyl groups is 1. The molecule has 0 aliphatic heterocycles. The van der Waals surface area contributed by atoms with Crippen molar-refractivity contribution in [3.8, 4) is 0 Å². The summed E-state index contributed by atoms with van der Waals surface area (Å²) in [5.74, 6) is 0.754. The summed E-state index contributed by atoms with van der Waals surface area (Å²) < 4.78 is 8.34. The van der Waals surface area contributed by atoms with Crippen molar-refractivity contribution in [1.29, 1.82) is 0 Å². The maximum absolute atomic E-state index is 12.6. The van der Waals surface area contributed by atoms with Crippen LogP contribution in [0.4, 0.5) is 5.82 Å². The first-order valence-electron chi connectivity index (χ1n) is 9.81. The second-order valence-electron chi connectivity index (χ2n) is 7.30. The lowest BCUT2D eigenvalue weighted by Crippen LogP contribution is -2.40. The van der Waals surface area contributed by atoms with Crippen LogP contribution in [-0.4, -0.2) is 37.8 Å². The van der Waals surface area contributed by atoms with Crippen LogP contribution in [0.2, 0.25) is 0 Å². The molecule has 1 N–H and O–H groups in total. The molecule has 0 aliphatic rings. The standard InChI is InChI=1S/C21H30N4O4/c1-14(2)29-18(10-9-17-8-7-15(3)22-13-17)23-19-16(4)20(27)25(11-6-12-26)21(28)24(19)5/h7-8,13-14,26H,6,9-12H2,1-5H3/b23-18+. The first-order chi connectivity index (χ1) is 13.7. The van der Waals surface area contributed by atoms with Gasteiger partial charge in [0.05, 0.1) is 11.7 Å². The smallest absolute Gasteiger partial charge is 0.332 e. The van der Waals surface area contributed by atoms with Crippen molar-refractivity contribution < 1.29 is 9.84 Å². The fourth-order valence-corrected chi connectivity index (χ4v) is 2.92. The molecule has 8 heteroatoms. The van der Waals surface area contributed by atoms with Gasteiger partial charge in [-0.05, 0) is 52.2 Å². The SMILES string of the molecule is Cc1ccc(CC/C(=N\c2c(C)c(=O)n(CCCO)c(=O)n2C)OC(C)C)cn1. The molecule has 0 saturated carbocycles. The lowest BCUT2D eigenvalue weighted by molar-refractivity contribution is 0.221. The Balaban J connectivity index is 2.40. The minimum absolute atomic E-state index is 0.0885. The van der Waals surface area contributed by atoms with Crippen molar-refractivity contribution in [2.75, 3.05) is 6.61 Å². The molecule has 2 rings (SSSR count). The van der Waals surface area contributed by atoms with E-state index in [1.807, 2.05) is 39.1 Å². The number of pyridine rings is 1. The summed E-state index contributed by atoms with van der Waals surface area (Å²) in [6.45, 7) is 7.47. The molecule has 2 heterocycles. The predicted molar refractivity (Wildman–Crippen MR) is 113 cm³/mol. The Labute approximate surface area is 170 Å². The quantitative estimate of drug-likeness (QED) is 0.538. The average Bonchev–Trinajstić information content (AvgIpc) is 2.68. The van der Waals surface area contributed by atoms with Crippen molar-refractivity contribution in [2.24, 2.45) is 12.0 Å². The van der Waals surface area contributed by atoms with Gasteiger partial charge in [0.2, 0.25) is 0 Å². The maximum Gasteiger partial charge on any atom is 0.332 e.